The number of para-hydroxylation sites is 1. The van der Waals surface area contributed by atoms with Gasteiger partial charge in [0.05, 0.1) is 12.7 Å². The summed E-state index contributed by atoms with van der Waals surface area (Å²) in [5.74, 6) is -3.85. The molecule has 2 aliphatic heterocycles. The van der Waals surface area contributed by atoms with E-state index in [0.717, 1.165) is 51.3 Å². The lowest BCUT2D eigenvalue weighted by Gasteiger charge is -2.38. The number of alkyl halides is 6. The van der Waals surface area contributed by atoms with E-state index in [4.69, 9.17) is 29.3 Å². The number of methoxy groups -OCH3 is 1. The number of carboxylic acid groups (broad SMARTS) is 2. The molecule has 2 saturated heterocycles. The van der Waals surface area contributed by atoms with Gasteiger partial charge in [0.15, 0.2) is 0 Å². The molecular formula is C24H28F6N4O6. The van der Waals surface area contributed by atoms with Gasteiger partial charge in [-0.05, 0) is 31.4 Å². The van der Waals surface area contributed by atoms with E-state index in [0.29, 0.717) is 12.0 Å². The van der Waals surface area contributed by atoms with Gasteiger partial charge in [0.25, 0.3) is 0 Å². The molecule has 2 fully saturated rings. The van der Waals surface area contributed by atoms with Gasteiger partial charge in [-0.15, -0.1) is 0 Å². The molecule has 0 bridgehead atoms. The highest BCUT2D eigenvalue weighted by molar-refractivity contribution is 5.73. The van der Waals surface area contributed by atoms with Crippen molar-refractivity contribution in [3.63, 3.8) is 0 Å². The van der Waals surface area contributed by atoms with Gasteiger partial charge in [-0.2, -0.15) is 26.3 Å². The minimum Gasteiger partial charge on any atom is -0.496 e. The number of hydrogen-bond donors (Lipinski definition) is 3. The number of halogens is 6. The number of nitrogens with zero attached hydrogens (tertiary/aromatic N) is 3. The number of anilines is 1. The zero-order chi connectivity index (χ0) is 30.0. The fourth-order valence-electron chi connectivity index (χ4n) is 4.13. The van der Waals surface area contributed by atoms with Gasteiger partial charge in [-0.1, -0.05) is 18.2 Å². The molecular weight excluding hydrogens is 554 g/mol. The highest BCUT2D eigenvalue weighted by Gasteiger charge is 2.43. The molecule has 3 N–H and O–H groups in total. The van der Waals surface area contributed by atoms with E-state index in [2.05, 4.69) is 32.3 Å². The molecule has 10 nitrogen and oxygen atoms in total. The Kier molecular flexibility index (Phi) is 11.5. The Labute approximate surface area is 224 Å². The van der Waals surface area contributed by atoms with Gasteiger partial charge in [0, 0.05) is 50.2 Å². The number of benzene rings is 1. The minimum atomic E-state index is -5.08. The maximum atomic E-state index is 10.6. The minimum absolute atomic E-state index is 0.0628. The molecule has 2 atom stereocenters. The van der Waals surface area contributed by atoms with Crippen molar-refractivity contribution in [3.05, 3.63) is 48.3 Å². The molecule has 0 radical (unpaired) electrons. The van der Waals surface area contributed by atoms with Crippen molar-refractivity contribution < 1.29 is 55.6 Å². The van der Waals surface area contributed by atoms with Crippen LogP contribution in [0, 0.1) is 0 Å². The first kappa shape index (κ1) is 32.6. The third-order valence-electron chi connectivity index (χ3n) is 5.86. The molecule has 3 heterocycles. The zero-order valence-electron chi connectivity index (χ0n) is 21.2. The predicted molar refractivity (Wildman–Crippen MR) is 128 cm³/mol. The summed E-state index contributed by atoms with van der Waals surface area (Å²) in [4.78, 5) is 28.8. The fourth-order valence-corrected chi connectivity index (χ4v) is 4.13. The van der Waals surface area contributed by atoms with E-state index in [1.807, 2.05) is 18.2 Å². The topological polar surface area (TPSA) is 134 Å². The van der Waals surface area contributed by atoms with Crippen molar-refractivity contribution in [2.75, 3.05) is 32.1 Å². The van der Waals surface area contributed by atoms with Gasteiger partial charge in [0.2, 0.25) is 5.95 Å². The number of carbonyl (C=O) groups is 2. The van der Waals surface area contributed by atoms with Crippen molar-refractivity contribution >= 4 is 17.9 Å². The number of ether oxygens (including phenoxy) is 2. The summed E-state index contributed by atoms with van der Waals surface area (Å²) in [6.45, 7) is 3.69. The third kappa shape index (κ3) is 10.5. The highest BCUT2D eigenvalue weighted by atomic mass is 19.4. The Hall–Kier alpha value is -3.66. The van der Waals surface area contributed by atoms with Gasteiger partial charge in [-0.3, -0.25) is 4.90 Å². The SMILES string of the molecule is COc1ccccc1CN1CC[C@@]2(C[C@@H](Nc3ncccn3)CCO2)C1.O=C(O)C(F)(F)F.O=C(O)C(F)(F)F. The monoisotopic (exact) mass is 582 g/mol. The number of carboxylic acids is 2. The molecule has 2 aliphatic rings. The lowest BCUT2D eigenvalue weighted by atomic mass is 9.89. The lowest BCUT2D eigenvalue weighted by molar-refractivity contribution is -0.193. The number of nitrogens with one attached hydrogen (secondary N) is 1. The van der Waals surface area contributed by atoms with E-state index in [1.165, 1.54) is 5.56 Å². The summed E-state index contributed by atoms with van der Waals surface area (Å²) in [7, 11) is 1.73. The van der Waals surface area contributed by atoms with Gasteiger partial charge in [-0.25, -0.2) is 19.6 Å². The second-order valence-corrected chi connectivity index (χ2v) is 8.82. The van der Waals surface area contributed by atoms with Crippen LogP contribution in [-0.4, -0.2) is 87.8 Å². The molecule has 1 aromatic heterocycles. The van der Waals surface area contributed by atoms with Crippen LogP contribution in [0.1, 0.15) is 24.8 Å². The molecule has 4 rings (SSSR count). The molecule has 0 saturated carbocycles. The summed E-state index contributed by atoms with van der Waals surface area (Å²) >= 11 is 0. The number of aliphatic carboxylic acids is 2. The second-order valence-electron chi connectivity index (χ2n) is 8.82. The van der Waals surface area contributed by atoms with Crippen molar-refractivity contribution in [3.8, 4) is 5.75 Å². The van der Waals surface area contributed by atoms with Crippen LogP contribution in [-0.2, 0) is 20.9 Å². The summed E-state index contributed by atoms with van der Waals surface area (Å²) in [5.41, 5.74) is 1.17. The number of rotatable bonds is 5. The van der Waals surface area contributed by atoms with E-state index in [1.54, 1.807) is 19.5 Å². The fraction of sp³-hybridized carbons (Fsp3) is 0.500. The van der Waals surface area contributed by atoms with Gasteiger partial charge < -0.3 is 25.0 Å². The van der Waals surface area contributed by atoms with Crippen molar-refractivity contribution in [2.45, 2.75) is 49.8 Å². The molecule has 2 aromatic rings. The molecule has 0 unspecified atom stereocenters. The van der Waals surface area contributed by atoms with Crippen LogP contribution in [0.25, 0.3) is 0 Å². The van der Waals surface area contributed by atoms with Crippen molar-refractivity contribution in [2.24, 2.45) is 0 Å². The average Bonchev–Trinajstić information content (AvgIpc) is 3.25. The molecule has 16 heteroatoms. The van der Waals surface area contributed by atoms with Crippen LogP contribution >= 0.6 is 0 Å². The molecule has 222 valence electrons. The highest BCUT2D eigenvalue weighted by Crippen LogP contribution is 2.36. The summed E-state index contributed by atoms with van der Waals surface area (Å²) in [6, 6.07) is 10.4. The first-order valence-electron chi connectivity index (χ1n) is 11.8. The van der Waals surface area contributed by atoms with Crippen LogP contribution in [0.5, 0.6) is 5.75 Å². The Balaban J connectivity index is 0.000000333. The molecule has 1 spiro atoms. The maximum absolute atomic E-state index is 10.6. The molecule has 1 aromatic carbocycles. The average molecular weight is 582 g/mol. The summed E-state index contributed by atoms with van der Waals surface area (Å²) in [6.07, 6.45) is -3.57. The van der Waals surface area contributed by atoms with Crippen LogP contribution < -0.4 is 10.1 Å². The Morgan fingerprint density at radius 3 is 2.20 bits per heavy atom. The Morgan fingerprint density at radius 2 is 1.65 bits per heavy atom. The van der Waals surface area contributed by atoms with Crippen molar-refractivity contribution in [1.82, 2.24) is 14.9 Å². The molecule has 0 aliphatic carbocycles. The van der Waals surface area contributed by atoms with E-state index >= 15 is 0 Å². The summed E-state index contributed by atoms with van der Waals surface area (Å²) in [5, 5.41) is 17.7. The van der Waals surface area contributed by atoms with Crippen LogP contribution in [0.3, 0.4) is 0 Å². The second kappa shape index (κ2) is 14.1. The Bertz CT molecular complexity index is 1080. The van der Waals surface area contributed by atoms with E-state index in [9.17, 15) is 26.3 Å². The standard InChI is InChI=1S/C20H26N4O2.2C2HF3O2/c1-25-18-6-3-2-5-16(18)14-24-11-8-20(15-24)13-17(7-12-26-20)23-19-21-9-4-10-22-19;2*3-2(4,5)1(6)7/h2-6,9-10,17H,7-8,11-15H2,1H3,(H,21,22,23);2*(H,6,7)/t17-,20+;;/m0../s1. The maximum Gasteiger partial charge on any atom is 0.490 e. The van der Waals surface area contributed by atoms with Gasteiger partial charge >= 0.3 is 24.3 Å². The number of aromatic nitrogens is 2. The normalized spacial score (nSPS) is 20.9. The lowest BCUT2D eigenvalue weighted by Crippen LogP contribution is -2.46. The first-order chi connectivity index (χ1) is 18.6. The third-order valence-corrected chi connectivity index (χ3v) is 5.86. The van der Waals surface area contributed by atoms with E-state index in [-0.39, 0.29) is 5.60 Å². The summed E-state index contributed by atoms with van der Waals surface area (Å²) < 4.78 is 75.2. The Morgan fingerprint density at radius 1 is 1.07 bits per heavy atom. The van der Waals surface area contributed by atoms with Crippen LogP contribution in [0.4, 0.5) is 32.3 Å². The quantitative estimate of drug-likeness (QED) is 0.445. The van der Waals surface area contributed by atoms with E-state index < -0.39 is 24.3 Å². The van der Waals surface area contributed by atoms with Crippen molar-refractivity contribution in [1.29, 1.82) is 0 Å². The zero-order valence-corrected chi connectivity index (χ0v) is 21.2. The first-order valence-corrected chi connectivity index (χ1v) is 11.8. The largest absolute Gasteiger partial charge is 0.496 e. The van der Waals surface area contributed by atoms with Crippen LogP contribution in [0.2, 0.25) is 0 Å². The van der Waals surface area contributed by atoms with Gasteiger partial charge in [0.1, 0.15) is 5.75 Å². The molecule has 40 heavy (non-hydrogen) atoms. The predicted octanol–water partition coefficient (Wildman–Crippen LogP) is 3.99. The molecule has 0 amide bonds. The number of hydrogen-bond acceptors (Lipinski definition) is 8. The smallest absolute Gasteiger partial charge is 0.490 e. The van der Waals surface area contributed by atoms with Crippen LogP contribution in [0.15, 0.2) is 42.7 Å². The number of likely N-dealkylation sites (tertiary alicyclic amines) is 1.